The van der Waals surface area contributed by atoms with Gasteiger partial charge in [0.2, 0.25) is 15.9 Å². The van der Waals surface area contributed by atoms with Crippen molar-refractivity contribution in [3.05, 3.63) is 42.5 Å². The molecule has 1 atom stereocenters. The maximum absolute atomic E-state index is 13.1. The monoisotopic (exact) mass is 429 g/mol. The Morgan fingerprint density at radius 2 is 1.77 bits per heavy atom. The number of benzene rings is 2. The van der Waals surface area contributed by atoms with E-state index >= 15 is 0 Å². The van der Waals surface area contributed by atoms with Crippen LogP contribution in [-0.4, -0.2) is 62.3 Å². The Balaban J connectivity index is 1.34. The summed E-state index contributed by atoms with van der Waals surface area (Å²) in [6.45, 7) is 5.76. The van der Waals surface area contributed by atoms with E-state index in [1.807, 2.05) is 30.3 Å². The van der Waals surface area contributed by atoms with Gasteiger partial charge >= 0.3 is 0 Å². The normalized spacial score (nSPS) is 21.8. The molecule has 1 unspecified atom stereocenters. The second kappa shape index (κ2) is 9.04. The number of piperidine rings is 1. The van der Waals surface area contributed by atoms with E-state index in [4.69, 9.17) is 0 Å². The lowest BCUT2D eigenvalue weighted by Crippen LogP contribution is -2.45. The van der Waals surface area contributed by atoms with Gasteiger partial charge in [0.25, 0.3) is 0 Å². The fourth-order valence-corrected chi connectivity index (χ4v) is 6.25. The van der Waals surface area contributed by atoms with Gasteiger partial charge in [-0.15, -0.1) is 0 Å². The van der Waals surface area contributed by atoms with Gasteiger partial charge in [0.05, 0.1) is 4.90 Å². The Morgan fingerprint density at radius 1 is 1.03 bits per heavy atom. The molecule has 0 radical (unpaired) electrons. The third-order valence-corrected chi connectivity index (χ3v) is 8.50. The molecule has 2 aliphatic heterocycles. The number of rotatable bonds is 6. The van der Waals surface area contributed by atoms with Crippen LogP contribution in [0.3, 0.4) is 0 Å². The first-order valence-electron chi connectivity index (χ1n) is 11.0. The zero-order chi connectivity index (χ0) is 21.1. The Labute approximate surface area is 179 Å². The predicted octanol–water partition coefficient (Wildman–Crippen LogP) is 2.84. The number of hydrogen-bond acceptors (Lipinski definition) is 4. The van der Waals surface area contributed by atoms with Gasteiger partial charge in [0.1, 0.15) is 0 Å². The van der Waals surface area contributed by atoms with Crippen LogP contribution in [0.5, 0.6) is 0 Å². The predicted molar refractivity (Wildman–Crippen MR) is 119 cm³/mol. The molecule has 0 spiro atoms. The first-order valence-corrected chi connectivity index (χ1v) is 12.4. The zero-order valence-corrected chi connectivity index (χ0v) is 18.4. The van der Waals surface area contributed by atoms with Crippen molar-refractivity contribution in [2.24, 2.45) is 5.92 Å². The number of hydrogen-bond donors (Lipinski definition) is 1. The minimum Gasteiger partial charge on any atom is -0.354 e. The standard InChI is InChI=1S/C23H31N3O3S/c1-2-25-13-5-8-21(25)17-24-23(27)19-11-14-26(15-12-19)30(28,29)22-10-9-18-6-3-4-7-20(18)16-22/h3-4,6-7,9-10,16,19,21H,2,5,8,11-15,17H2,1H3,(H,24,27). The van der Waals surface area contributed by atoms with Crippen LogP contribution in [0.2, 0.25) is 0 Å². The average Bonchev–Trinajstić information content (AvgIpc) is 3.25. The second-order valence-corrected chi connectivity index (χ2v) is 10.3. The molecule has 0 aromatic heterocycles. The molecule has 2 saturated heterocycles. The van der Waals surface area contributed by atoms with E-state index in [1.54, 1.807) is 12.1 Å². The molecular formula is C23H31N3O3S. The van der Waals surface area contributed by atoms with E-state index < -0.39 is 10.0 Å². The second-order valence-electron chi connectivity index (χ2n) is 8.36. The Kier molecular flexibility index (Phi) is 6.41. The van der Waals surface area contributed by atoms with Crippen molar-refractivity contribution in [1.82, 2.24) is 14.5 Å². The topological polar surface area (TPSA) is 69.7 Å². The summed E-state index contributed by atoms with van der Waals surface area (Å²) < 4.78 is 27.7. The number of fused-ring (bicyclic) bond motifs is 1. The summed E-state index contributed by atoms with van der Waals surface area (Å²) in [7, 11) is -3.54. The maximum atomic E-state index is 13.1. The summed E-state index contributed by atoms with van der Waals surface area (Å²) in [5, 5.41) is 5.06. The molecule has 0 bridgehead atoms. The fourth-order valence-electron chi connectivity index (χ4n) is 4.74. The number of nitrogens with one attached hydrogen (secondary N) is 1. The lowest BCUT2D eigenvalue weighted by molar-refractivity contribution is -0.126. The third-order valence-electron chi connectivity index (χ3n) is 6.60. The molecular weight excluding hydrogens is 398 g/mol. The number of likely N-dealkylation sites (tertiary alicyclic amines) is 1. The summed E-state index contributed by atoms with van der Waals surface area (Å²) in [5.74, 6) is -0.0368. The summed E-state index contributed by atoms with van der Waals surface area (Å²) in [5.41, 5.74) is 0. The van der Waals surface area contributed by atoms with Crippen LogP contribution >= 0.6 is 0 Å². The van der Waals surface area contributed by atoms with Gasteiger partial charge in [0, 0.05) is 31.6 Å². The first kappa shape index (κ1) is 21.3. The number of likely N-dealkylation sites (N-methyl/N-ethyl adjacent to an activating group) is 1. The van der Waals surface area contributed by atoms with Crippen molar-refractivity contribution >= 4 is 26.7 Å². The average molecular weight is 430 g/mol. The molecule has 7 heteroatoms. The summed E-state index contributed by atoms with van der Waals surface area (Å²) >= 11 is 0. The minimum absolute atomic E-state index is 0.0701. The molecule has 2 aromatic carbocycles. The molecule has 2 heterocycles. The van der Waals surface area contributed by atoms with Crippen molar-refractivity contribution in [3.8, 4) is 0 Å². The quantitative estimate of drug-likeness (QED) is 0.767. The van der Waals surface area contributed by atoms with Crippen LogP contribution in [0.15, 0.2) is 47.4 Å². The van der Waals surface area contributed by atoms with Crippen LogP contribution in [0.1, 0.15) is 32.6 Å². The number of nitrogens with zero attached hydrogens (tertiary/aromatic N) is 2. The van der Waals surface area contributed by atoms with Gasteiger partial charge in [0.15, 0.2) is 0 Å². The highest BCUT2D eigenvalue weighted by Gasteiger charge is 2.32. The van der Waals surface area contributed by atoms with Crippen LogP contribution < -0.4 is 5.32 Å². The van der Waals surface area contributed by atoms with Gasteiger partial charge in [-0.25, -0.2) is 8.42 Å². The lowest BCUT2D eigenvalue weighted by Gasteiger charge is -2.31. The molecule has 0 saturated carbocycles. The first-order chi connectivity index (χ1) is 14.5. The highest BCUT2D eigenvalue weighted by Crippen LogP contribution is 2.26. The minimum atomic E-state index is -3.54. The smallest absolute Gasteiger partial charge is 0.243 e. The highest BCUT2D eigenvalue weighted by atomic mass is 32.2. The zero-order valence-electron chi connectivity index (χ0n) is 17.6. The van der Waals surface area contributed by atoms with E-state index in [-0.39, 0.29) is 11.8 Å². The largest absolute Gasteiger partial charge is 0.354 e. The summed E-state index contributed by atoms with van der Waals surface area (Å²) in [4.78, 5) is 15.4. The van der Waals surface area contributed by atoms with E-state index in [0.717, 1.165) is 30.3 Å². The van der Waals surface area contributed by atoms with E-state index in [0.29, 0.717) is 43.4 Å². The van der Waals surface area contributed by atoms with Gasteiger partial charge in [-0.3, -0.25) is 9.69 Å². The molecule has 1 N–H and O–H groups in total. The third kappa shape index (κ3) is 4.38. The Hall–Kier alpha value is -1.96. The number of amides is 1. The SMILES string of the molecule is CCN1CCCC1CNC(=O)C1CCN(S(=O)(=O)c2ccc3ccccc3c2)CC1. The van der Waals surface area contributed by atoms with Crippen LogP contribution in [0.4, 0.5) is 0 Å². The van der Waals surface area contributed by atoms with Crippen molar-refractivity contribution in [2.45, 2.75) is 43.5 Å². The van der Waals surface area contributed by atoms with Crippen LogP contribution in [-0.2, 0) is 14.8 Å². The fraction of sp³-hybridized carbons (Fsp3) is 0.522. The Morgan fingerprint density at radius 3 is 2.50 bits per heavy atom. The van der Waals surface area contributed by atoms with E-state index in [9.17, 15) is 13.2 Å². The maximum Gasteiger partial charge on any atom is 0.243 e. The number of carbonyl (C=O) groups is 1. The number of sulfonamides is 1. The highest BCUT2D eigenvalue weighted by molar-refractivity contribution is 7.89. The lowest BCUT2D eigenvalue weighted by atomic mass is 9.97. The van der Waals surface area contributed by atoms with Gasteiger partial charge in [-0.2, -0.15) is 4.31 Å². The van der Waals surface area contributed by atoms with Crippen molar-refractivity contribution in [1.29, 1.82) is 0 Å². The molecule has 2 aliphatic rings. The van der Waals surface area contributed by atoms with Crippen molar-refractivity contribution in [3.63, 3.8) is 0 Å². The van der Waals surface area contributed by atoms with Crippen LogP contribution in [0, 0.1) is 5.92 Å². The van der Waals surface area contributed by atoms with Gasteiger partial charge in [-0.1, -0.05) is 37.3 Å². The molecule has 162 valence electrons. The van der Waals surface area contributed by atoms with Crippen molar-refractivity contribution in [2.75, 3.05) is 32.7 Å². The van der Waals surface area contributed by atoms with Crippen LogP contribution in [0.25, 0.3) is 10.8 Å². The number of carbonyl (C=O) groups excluding carboxylic acids is 1. The Bertz CT molecular complexity index is 1000. The molecule has 6 nitrogen and oxygen atoms in total. The van der Waals surface area contributed by atoms with Gasteiger partial charge < -0.3 is 5.32 Å². The van der Waals surface area contributed by atoms with Crippen molar-refractivity contribution < 1.29 is 13.2 Å². The van der Waals surface area contributed by atoms with E-state index in [2.05, 4.69) is 17.1 Å². The molecule has 2 fully saturated rings. The van der Waals surface area contributed by atoms with E-state index in [1.165, 1.54) is 10.7 Å². The summed E-state index contributed by atoms with van der Waals surface area (Å²) in [6, 6.07) is 13.5. The molecule has 0 aliphatic carbocycles. The molecule has 2 aromatic rings. The molecule has 1 amide bonds. The van der Waals surface area contributed by atoms with Gasteiger partial charge in [-0.05, 0) is 61.7 Å². The molecule has 30 heavy (non-hydrogen) atoms. The molecule has 4 rings (SSSR count). The summed E-state index contributed by atoms with van der Waals surface area (Å²) in [6.07, 6.45) is 3.47.